The molecule has 0 amide bonds. The molecule has 1 heterocycles. The summed E-state index contributed by atoms with van der Waals surface area (Å²) in [5.41, 5.74) is 2.42. The molecule has 0 bridgehead atoms. The second-order valence-corrected chi connectivity index (χ2v) is 4.08. The molecular weight excluding hydrogens is 198 g/mol. The van der Waals surface area contributed by atoms with E-state index in [1.54, 1.807) is 0 Å². The van der Waals surface area contributed by atoms with Gasteiger partial charge >= 0.3 is 0 Å². The van der Waals surface area contributed by atoms with Crippen molar-refractivity contribution in [3.05, 3.63) is 47.8 Å². The van der Waals surface area contributed by atoms with Crippen LogP contribution in [0.1, 0.15) is 31.0 Å². The van der Waals surface area contributed by atoms with Gasteiger partial charge in [0, 0.05) is 12.7 Å². The van der Waals surface area contributed by atoms with Crippen LogP contribution in [0.4, 0.5) is 0 Å². The predicted octanol–water partition coefficient (Wildman–Crippen LogP) is 2.64. The smallest absolute Gasteiger partial charge is 0.0833 e. The maximum absolute atomic E-state index is 4.17. The van der Waals surface area contributed by atoms with Gasteiger partial charge in [-0.05, 0) is 24.8 Å². The molecule has 1 aromatic heterocycles. The fourth-order valence-corrected chi connectivity index (χ4v) is 1.80. The molecule has 3 nitrogen and oxygen atoms in total. The van der Waals surface area contributed by atoms with E-state index in [1.165, 1.54) is 5.56 Å². The molecule has 1 aromatic carbocycles. The number of aromatic nitrogens is 3. The van der Waals surface area contributed by atoms with Gasteiger partial charge in [-0.2, -0.15) is 0 Å². The maximum atomic E-state index is 4.17. The lowest BCUT2D eigenvalue weighted by Gasteiger charge is -2.08. The largest absolute Gasteiger partial charge is 0.253 e. The van der Waals surface area contributed by atoms with Crippen LogP contribution >= 0.6 is 0 Å². The van der Waals surface area contributed by atoms with E-state index in [-0.39, 0.29) is 0 Å². The maximum Gasteiger partial charge on any atom is 0.0833 e. The average Bonchev–Trinajstić information content (AvgIpc) is 2.78. The van der Waals surface area contributed by atoms with Crippen LogP contribution in [-0.4, -0.2) is 15.0 Å². The summed E-state index contributed by atoms with van der Waals surface area (Å²) in [5.74, 6) is 0.489. The molecule has 2 rings (SSSR count). The number of nitrogens with zero attached hydrogens (tertiary/aromatic N) is 3. The predicted molar refractivity (Wildman–Crippen MR) is 64.3 cm³/mol. The number of benzene rings is 1. The highest BCUT2D eigenvalue weighted by molar-refractivity contribution is 5.20. The van der Waals surface area contributed by atoms with Crippen molar-refractivity contribution in [3.63, 3.8) is 0 Å². The van der Waals surface area contributed by atoms with Crippen molar-refractivity contribution in [2.45, 2.75) is 32.7 Å². The molecule has 1 atom stereocenters. The van der Waals surface area contributed by atoms with Gasteiger partial charge in [0.05, 0.1) is 5.69 Å². The zero-order valence-corrected chi connectivity index (χ0v) is 9.80. The molecule has 0 fully saturated rings. The first-order chi connectivity index (χ1) is 7.79. The Morgan fingerprint density at radius 1 is 1.25 bits per heavy atom. The molecule has 84 valence electrons. The third kappa shape index (κ3) is 2.48. The van der Waals surface area contributed by atoms with Gasteiger partial charge in [0.15, 0.2) is 0 Å². The third-order valence-electron chi connectivity index (χ3n) is 2.79. The summed E-state index contributed by atoms with van der Waals surface area (Å²) in [7, 11) is 0. The first-order valence-corrected chi connectivity index (χ1v) is 5.73. The van der Waals surface area contributed by atoms with Crippen molar-refractivity contribution in [2.75, 3.05) is 0 Å². The van der Waals surface area contributed by atoms with Gasteiger partial charge in [-0.15, -0.1) is 5.10 Å². The highest BCUT2D eigenvalue weighted by Gasteiger charge is 2.08. The number of aryl methyl sites for hydroxylation is 1. The summed E-state index contributed by atoms with van der Waals surface area (Å²) in [5, 5.41) is 8.21. The van der Waals surface area contributed by atoms with Crippen LogP contribution in [0.15, 0.2) is 36.5 Å². The SMILES string of the molecule is CCn1cc(CC(C)c2ccccc2)nn1. The first-order valence-electron chi connectivity index (χ1n) is 5.73. The Hall–Kier alpha value is -1.64. The average molecular weight is 215 g/mol. The Balaban J connectivity index is 2.05. The minimum Gasteiger partial charge on any atom is -0.253 e. The summed E-state index contributed by atoms with van der Waals surface area (Å²) >= 11 is 0. The zero-order chi connectivity index (χ0) is 11.4. The fraction of sp³-hybridized carbons (Fsp3) is 0.385. The van der Waals surface area contributed by atoms with E-state index in [0.717, 1.165) is 18.7 Å². The second-order valence-electron chi connectivity index (χ2n) is 4.08. The van der Waals surface area contributed by atoms with E-state index < -0.39 is 0 Å². The van der Waals surface area contributed by atoms with Gasteiger partial charge in [0.1, 0.15) is 0 Å². The standard InChI is InChI=1S/C13H17N3/c1-3-16-10-13(14-15-16)9-11(2)12-7-5-4-6-8-12/h4-8,10-11H,3,9H2,1-2H3. The summed E-state index contributed by atoms with van der Waals surface area (Å²) in [6, 6.07) is 10.5. The lowest BCUT2D eigenvalue weighted by atomic mass is 9.97. The number of rotatable bonds is 4. The minimum absolute atomic E-state index is 0.489. The topological polar surface area (TPSA) is 30.7 Å². The van der Waals surface area contributed by atoms with Crippen LogP contribution in [-0.2, 0) is 13.0 Å². The van der Waals surface area contributed by atoms with E-state index in [9.17, 15) is 0 Å². The van der Waals surface area contributed by atoms with E-state index in [4.69, 9.17) is 0 Å². The van der Waals surface area contributed by atoms with Crippen molar-refractivity contribution >= 4 is 0 Å². The van der Waals surface area contributed by atoms with Crippen molar-refractivity contribution < 1.29 is 0 Å². The number of hydrogen-bond acceptors (Lipinski definition) is 2. The van der Waals surface area contributed by atoms with Gasteiger partial charge in [-0.25, -0.2) is 0 Å². The van der Waals surface area contributed by atoms with Crippen LogP contribution < -0.4 is 0 Å². The first kappa shape index (κ1) is 10.9. The molecule has 0 aliphatic carbocycles. The molecule has 0 aliphatic rings. The Bertz CT molecular complexity index is 433. The minimum atomic E-state index is 0.489. The molecule has 16 heavy (non-hydrogen) atoms. The molecule has 0 saturated carbocycles. The summed E-state index contributed by atoms with van der Waals surface area (Å²) < 4.78 is 1.87. The Labute approximate surface area is 96.1 Å². The summed E-state index contributed by atoms with van der Waals surface area (Å²) in [6.45, 7) is 5.17. The molecule has 0 radical (unpaired) electrons. The molecular formula is C13H17N3. The lowest BCUT2D eigenvalue weighted by Crippen LogP contribution is -1.98. The highest BCUT2D eigenvalue weighted by atomic mass is 15.4. The second kappa shape index (κ2) is 4.92. The van der Waals surface area contributed by atoms with Crippen molar-refractivity contribution in [1.29, 1.82) is 0 Å². The van der Waals surface area contributed by atoms with E-state index in [1.807, 2.05) is 16.9 Å². The third-order valence-corrected chi connectivity index (χ3v) is 2.79. The van der Waals surface area contributed by atoms with Crippen LogP contribution in [0.3, 0.4) is 0 Å². The molecule has 0 saturated heterocycles. The van der Waals surface area contributed by atoms with Gasteiger partial charge in [-0.3, -0.25) is 4.68 Å². The lowest BCUT2D eigenvalue weighted by molar-refractivity contribution is 0.626. The van der Waals surface area contributed by atoms with Gasteiger partial charge in [0.2, 0.25) is 0 Å². The molecule has 3 heteroatoms. The van der Waals surface area contributed by atoms with E-state index >= 15 is 0 Å². The normalized spacial score (nSPS) is 12.6. The Kier molecular flexibility index (Phi) is 3.34. The molecule has 0 N–H and O–H groups in total. The highest BCUT2D eigenvalue weighted by Crippen LogP contribution is 2.18. The van der Waals surface area contributed by atoms with Crippen LogP contribution in [0, 0.1) is 0 Å². The van der Waals surface area contributed by atoms with Gasteiger partial charge in [0.25, 0.3) is 0 Å². The van der Waals surface area contributed by atoms with Crippen LogP contribution in [0.5, 0.6) is 0 Å². The van der Waals surface area contributed by atoms with Crippen molar-refractivity contribution in [3.8, 4) is 0 Å². The number of hydrogen-bond donors (Lipinski definition) is 0. The quantitative estimate of drug-likeness (QED) is 0.785. The zero-order valence-electron chi connectivity index (χ0n) is 9.80. The van der Waals surface area contributed by atoms with Crippen LogP contribution in [0.2, 0.25) is 0 Å². The molecule has 1 unspecified atom stereocenters. The van der Waals surface area contributed by atoms with Gasteiger partial charge in [-0.1, -0.05) is 42.5 Å². The molecule has 2 aromatic rings. The van der Waals surface area contributed by atoms with Crippen LogP contribution in [0.25, 0.3) is 0 Å². The van der Waals surface area contributed by atoms with Crippen molar-refractivity contribution in [1.82, 2.24) is 15.0 Å². The monoisotopic (exact) mass is 215 g/mol. The van der Waals surface area contributed by atoms with E-state index in [2.05, 4.69) is 48.4 Å². The molecule has 0 spiro atoms. The Morgan fingerprint density at radius 3 is 2.62 bits per heavy atom. The van der Waals surface area contributed by atoms with Crippen molar-refractivity contribution in [2.24, 2.45) is 0 Å². The summed E-state index contributed by atoms with van der Waals surface area (Å²) in [4.78, 5) is 0. The fourth-order valence-electron chi connectivity index (χ4n) is 1.80. The molecule has 0 aliphatic heterocycles. The van der Waals surface area contributed by atoms with E-state index in [0.29, 0.717) is 5.92 Å². The van der Waals surface area contributed by atoms with Gasteiger partial charge < -0.3 is 0 Å². The Morgan fingerprint density at radius 2 is 2.00 bits per heavy atom. The summed E-state index contributed by atoms with van der Waals surface area (Å²) in [6.07, 6.45) is 2.98.